The van der Waals surface area contributed by atoms with Crippen molar-refractivity contribution in [3.63, 3.8) is 0 Å². The Labute approximate surface area is 107 Å². The Hall–Kier alpha value is -0.950. The highest BCUT2D eigenvalue weighted by molar-refractivity contribution is 14.1. The number of aromatic nitrogens is 1. The first kappa shape index (κ1) is 14.1. The molecule has 0 atom stereocenters. The molecule has 0 aliphatic heterocycles. The molecule has 11 heteroatoms. The summed E-state index contributed by atoms with van der Waals surface area (Å²) in [7, 11) is -4.56. The van der Waals surface area contributed by atoms with Crippen molar-refractivity contribution in [1.82, 2.24) is 4.98 Å². The summed E-state index contributed by atoms with van der Waals surface area (Å²) in [4.78, 5) is 12.7. The molecule has 0 aliphatic rings. The van der Waals surface area contributed by atoms with Crippen molar-refractivity contribution >= 4 is 38.3 Å². The minimum absolute atomic E-state index is 0.122. The molecule has 94 valence electrons. The molecule has 1 aromatic heterocycles. The molecular formula is C6H4F2IN3O4S. The van der Waals surface area contributed by atoms with E-state index in [1.54, 1.807) is 0 Å². The average molecular weight is 379 g/mol. The van der Waals surface area contributed by atoms with Crippen LogP contribution in [0.25, 0.3) is 0 Å². The van der Waals surface area contributed by atoms with Gasteiger partial charge in [0.05, 0.1) is 4.92 Å². The number of nitro groups is 1. The van der Waals surface area contributed by atoms with E-state index in [1.165, 1.54) is 22.6 Å². The van der Waals surface area contributed by atoms with Crippen molar-refractivity contribution in [2.75, 3.05) is 0 Å². The van der Waals surface area contributed by atoms with Gasteiger partial charge in [0.1, 0.15) is 9.26 Å². The molecule has 0 radical (unpaired) electrons. The number of primary sulfonamides is 1. The summed E-state index contributed by atoms with van der Waals surface area (Å²) in [5, 5.41) is 14.1. The van der Waals surface area contributed by atoms with Gasteiger partial charge in [-0.25, -0.2) is 27.3 Å². The number of nitrogens with zero attached hydrogens (tertiary/aromatic N) is 2. The lowest BCUT2D eigenvalue weighted by atomic mass is 10.2. The summed E-state index contributed by atoms with van der Waals surface area (Å²) in [6, 6.07) is 0.747. The highest BCUT2D eigenvalue weighted by Gasteiger charge is 2.32. The third kappa shape index (κ3) is 3.04. The largest absolute Gasteiger partial charge is 0.283 e. The van der Waals surface area contributed by atoms with Gasteiger partial charge in [-0.15, -0.1) is 0 Å². The van der Waals surface area contributed by atoms with Crippen LogP contribution in [0.2, 0.25) is 0 Å². The van der Waals surface area contributed by atoms with Crippen LogP contribution in [0.3, 0.4) is 0 Å². The molecule has 0 amide bonds. The summed E-state index contributed by atoms with van der Waals surface area (Å²) in [5.74, 6) is 0. The SMILES string of the molecule is NS(=O)(=O)c1nc(I)cc([N+](=O)[O-])c1C(F)F. The molecule has 0 bridgehead atoms. The summed E-state index contributed by atoms with van der Waals surface area (Å²) in [6.07, 6.45) is -3.37. The number of alkyl halides is 2. The minimum atomic E-state index is -4.56. The van der Waals surface area contributed by atoms with Gasteiger partial charge in [-0.05, 0) is 22.6 Å². The molecule has 0 saturated carbocycles. The quantitative estimate of drug-likeness (QED) is 0.366. The van der Waals surface area contributed by atoms with Crippen LogP contribution in [0, 0.1) is 13.8 Å². The van der Waals surface area contributed by atoms with E-state index in [0.29, 0.717) is 0 Å². The van der Waals surface area contributed by atoms with Crippen molar-refractivity contribution in [3.05, 3.63) is 25.4 Å². The van der Waals surface area contributed by atoms with Crippen molar-refractivity contribution in [1.29, 1.82) is 0 Å². The Morgan fingerprint density at radius 2 is 2.06 bits per heavy atom. The van der Waals surface area contributed by atoms with E-state index in [0.717, 1.165) is 6.07 Å². The van der Waals surface area contributed by atoms with Crippen LogP contribution in [-0.2, 0) is 10.0 Å². The second kappa shape index (κ2) is 4.73. The lowest BCUT2D eigenvalue weighted by Gasteiger charge is -2.07. The van der Waals surface area contributed by atoms with Gasteiger partial charge in [0.25, 0.3) is 22.1 Å². The maximum Gasteiger partial charge on any atom is 0.283 e. The lowest BCUT2D eigenvalue weighted by molar-refractivity contribution is -0.386. The van der Waals surface area contributed by atoms with Crippen molar-refractivity contribution in [2.45, 2.75) is 11.5 Å². The van der Waals surface area contributed by atoms with E-state index in [9.17, 15) is 27.3 Å². The molecule has 0 spiro atoms. The molecule has 2 N–H and O–H groups in total. The number of rotatable bonds is 3. The van der Waals surface area contributed by atoms with Gasteiger partial charge in [-0.2, -0.15) is 0 Å². The monoisotopic (exact) mass is 379 g/mol. The number of hydrogen-bond acceptors (Lipinski definition) is 5. The van der Waals surface area contributed by atoms with Crippen molar-refractivity contribution in [3.8, 4) is 0 Å². The molecule has 1 rings (SSSR count). The van der Waals surface area contributed by atoms with Gasteiger partial charge in [0.15, 0.2) is 5.03 Å². The molecular weight excluding hydrogens is 375 g/mol. The lowest BCUT2D eigenvalue weighted by Crippen LogP contribution is -2.18. The van der Waals surface area contributed by atoms with Crippen LogP contribution in [0.15, 0.2) is 11.1 Å². The summed E-state index contributed by atoms with van der Waals surface area (Å²) in [5.41, 5.74) is -2.32. The smallest absolute Gasteiger partial charge is 0.258 e. The Morgan fingerprint density at radius 1 is 1.53 bits per heavy atom. The first-order chi connectivity index (χ1) is 7.64. The fourth-order valence-electron chi connectivity index (χ4n) is 1.06. The van der Waals surface area contributed by atoms with Crippen LogP contribution in [0.5, 0.6) is 0 Å². The highest BCUT2D eigenvalue weighted by Crippen LogP contribution is 2.33. The van der Waals surface area contributed by atoms with Gasteiger partial charge in [0.2, 0.25) is 0 Å². The zero-order chi connectivity index (χ0) is 13.4. The number of nitrogens with two attached hydrogens (primary N) is 1. The summed E-state index contributed by atoms with van der Waals surface area (Å²) >= 11 is 1.46. The average Bonchev–Trinajstić information content (AvgIpc) is 2.14. The van der Waals surface area contributed by atoms with E-state index in [4.69, 9.17) is 0 Å². The third-order valence-corrected chi connectivity index (χ3v) is 3.06. The van der Waals surface area contributed by atoms with Crippen LogP contribution in [0.4, 0.5) is 14.5 Å². The van der Waals surface area contributed by atoms with Gasteiger partial charge in [0, 0.05) is 6.07 Å². The van der Waals surface area contributed by atoms with E-state index in [2.05, 4.69) is 10.1 Å². The second-order valence-electron chi connectivity index (χ2n) is 2.79. The van der Waals surface area contributed by atoms with E-state index in [-0.39, 0.29) is 3.70 Å². The van der Waals surface area contributed by atoms with Crippen LogP contribution in [0.1, 0.15) is 12.0 Å². The maximum absolute atomic E-state index is 12.6. The summed E-state index contributed by atoms with van der Waals surface area (Å²) in [6.45, 7) is 0. The van der Waals surface area contributed by atoms with Gasteiger partial charge >= 0.3 is 0 Å². The van der Waals surface area contributed by atoms with E-state index < -0.39 is 37.6 Å². The predicted octanol–water partition coefficient (Wildman–Crippen LogP) is 1.18. The van der Waals surface area contributed by atoms with Crippen LogP contribution >= 0.6 is 22.6 Å². The first-order valence-corrected chi connectivity index (χ1v) is 6.43. The number of pyridine rings is 1. The van der Waals surface area contributed by atoms with E-state index >= 15 is 0 Å². The molecule has 0 saturated heterocycles. The van der Waals surface area contributed by atoms with Gasteiger partial charge < -0.3 is 0 Å². The van der Waals surface area contributed by atoms with E-state index in [1.807, 2.05) is 0 Å². The van der Waals surface area contributed by atoms with Crippen molar-refractivity contribution in [2.24, 2.45) is 5.14 Å². The van der Waals surface area contributed by atoms with Crippen LogP contribution in [-0.4, -0.2) is 18.3 Å². The normalized spacial score (nSPS) is 11.8. The zero-order valence-corrected chi connectivity index (χ0v) is 10.8. The molecule has 0 unspecified atom stereocenters. The molecule has 0 aliphatic carbocycles. The number of sulfonamides is 1. The first-order valence-electron chi connectivity index (χ1n) is 3.80. The summed E-state index contributed by atoms with van der Waals surface area (Å²) < 4.78 is 47.2. The highest BCUT2D eigenvalue weighted by atomic mass is 127. The Kier molecular flexibility index (Phi) is 3.93. The number of halogens is 3. The Balaban J connectivity index is 3.77. The molecule has 7 nitrogen and oxygen atoms in total. The van der Waals surface area contributed by atoms with Gasteiger partial charge in [-0.1, -0.05) is 0 Å². The predicted molar refractivity (Wildman–Crippen MR) is 59.9 cm³/mol. The Morgan fingerprint density at radius 3 is 2.41 bits per heavy atom. The molecule has 1 aromatic rings. The standard InChI is InChI=1S/C6H4F2IN3O4S/c7-5(8)4-2(12(13)14)1-3(9)11-6(4)17(10,15)16/h1,5H,(H2,10,15,16). The fraction of sp³-hybridized carbons (Fsp3) is 0.167. The maximum atomic E-state index is 12.6. The molecule has 0 fully saturated rings. The van der Waals surface area contributed by atoms with Crippen LogP contribution < -0.4 is 5.14 Å². The topological polar surface area (TPSA) is 116 Å². The van der Waals surface area contributed by atoms with Gasteiger partial charge in [-0.3, -0.25) is 10.1 Å². The second-order valence-corrected chi connectivity index (χ2v) is 5.37. The fourth-order valence-corrected chi connectivity index (χ4v) is 2.49. The molecule has 0 aromatic carbocycles. The number of hydrogen-bond donors (Lipinski definition) is 1. The zero-order valence-electron chi connectivity index (χ0n) is 7.80. The third-order valence-electron chi connectivity index (χ3n) is 1.65. The molecule has 17 heavy (non-hydrogen) atoms. The molecule has 1 heterocycles. The van der Waals surface area contributed by atoms with Crippen molar-refractivity contribution < 1.29 is 22.1 Å². The Bertz CT molecular complexity index is 577. The minimum Gasteiger partial charge on any atom is -0.258 e.